The van der Waals surface area contributed by atoms with Gasteiger partial charge in [0.15, 0.2) is 0 Å². The molecule has 0 radical (unpaired) electrons. The number of aromatic hydroxyl groups is 1. The molecule has 1 aliphatic rings. The zero-order valence-electron chi connectivity index (χ0n) is 10.8. The van der Waals surface area contributed by atoms with Crippen LogP contribution in [0.1, 0.15) is 18.9 Å². The number of carboxylic acid groups (broad SMARTS) is 2. The van der Waals surface area contributed by atoms with Gasteiger partial charge in [0, 0.05) is 5.57 Å². The number of carbonyl (C=O) groups is 2. The van der Waals surface area contributed by atoms with Crippen LogP contribution in [0.15, 0.2) is 42.0 Å². The van der Waals surface area contributed by atoms with E-state index in [4.69, 9.17) is 5.11 Å². The maximum Gasteiger partial charge on any atom is 0.331 e. The van der Waals surface area contributed by atoms with Gasteiger partial charge in [-0.1, -0.05) is 24.3 Å². The van der Waals surface area contributed by atoms with Crippen molar-refractivity contribution in [1.82, 2.24) is 0 Å². The van der Waals surface area contributed by atoms with Crippen molar-refractivity contribution in [2.24, 2.45) is 5.41 Å². The molecule has 1 unspecified atom stereocenters. The largest absolute Gasteiger partial charge is 0.508 e. The van der Waals surface area contributed by atoms with Crippen molar-refractivity contribution in [3.63, 3.8) is 0 Å². The second kappa shape index (κ2) is 4.85. The first-order valence-electron chi connectivity index (χ1n) is 6.02. The summed E-state index contributed by atoms with van der Waals surface area (Å²) in [5, 5.41) is 27.8. The molecular weight excluding hydrogens is 260 g/mol. The lowest BCUT2D eigenvalue weighted by Crippen LogP contribution is -2.32. The predicted octanol–water partition coefficient (Wildman–Crippen LogP) is 2.28. The number of rotatable bonds is 3. The number of allylic oxidation sites excluding steroid dienone is 2. The first kappa shape index (κ1) is 13.9. The first-order valence-corrected chi connectivity index (χ1v) is 6.02. The highest BCUT2D eigenvalue weighted by atomic mass is 16.4. The lowest BCUT2D eigenvalue weighted by atomic mass is 9.71. The lowest BCUT2D eigenvalue weighted by Gasteiger charge is -2.31. The summed E-state index contributed by atoms with van der Waals surface area (Å²) in [6.45, 7) is 1.50. The fourth-order valence-electron chi connectivity index (χ4n) is 2.30. The van der Waals surface area contributed by atoms with Gasteiger partial charge in [0.25, 0.3) is 0 Å². The highest BCUT2D eigenvalue weighted by molar-refractivity contribution is 5.98. The molecule has 0 aromatic heterocycles. The molecule has 0 heterocycles. The molecule has 0 bridgehead atoms. The molecule has 5 nitrogen and oxygen atoms in total. The van der Waals surface area contributed by atoms with E-state index in [1.54, 1.807) is 12.1 Å². The van der Waals surface area contributed by atoms with Gasteiger partial charge < -0.3 is 15.3 Å². The number of benzene rings is 1. The van der Waals surface area contributed by atoms with E-state index in [2.05, 4.69) is 0 Å². The van der Waals surface area contributed by atoms with Crippen molar-refractivity contribution in [2.45, 2.75) is 13.3 Å². The second-order valence-electron chi connectivity index (χ2n) is 4.94. The average Bonchev–Trinajstić information content (AvgIpc) is 2.39. The summed E-state index contributed by atoms with van der Waals surface area (Å²) in [5.41, 5.74) is -0.0692. The van der Waals surface area contributed by atoms with E-state index >= 15 is 0 Å². The highest BCUT2D eigenvalue weighted by Crippen LogP contribution is 2.43. The van der Waals surface area contributed by atoms with Crippen LogP contribution in [0.25, 0.3) is 5.57 Å². The van der Waals surface area contributed by atoms with Gasteiger partial charge >= 0.3 is 11.9 Å². The lowest BCUT2D eigenvalue weighted by molar-refractivity contribution is -0.144. The van der Waals surface area contributed by atoms with E-state index in [-0.39, 0.29) is 17.7 Å². The van der Waals surface area contributed by atoms with Gasteiger partial charge in [-0.3, -0.25) is 4.79 Å². The van der Waals surface area contributed by atoms with E-state index in [9.17, 15) is 19.8 Å². The van der Waals surface area contributed by atoms with Gasteiger partial charge in [0.05, 0.1) is 5.41 Å². The van der Waals surface area contributed by atoms with Crippen molar-refractivity contribution in [1.29, 1.82) is 0 Å². The van der Waals surface area contributed by atoms with E-state index in [0.717, 1.165) is 0 Å². The minimum atomic E-state index is -1.31. The Morgan fingerprint density at radius 2 is 1.70 bits per heavy atom. The fraction of sp³-hybridized carbons (Fsp3) is 0.200. The molecule has 0 aliphatic heterocycles. The minimum absolute atomic E-state index is 0.0671. The van der Waals surface area contributed by atoms with Crippen molar-refractivity contribution < 1.29 is 24.9 Å². The number of hydrogen-bond acceptors (Lipinski definition) is 3. The molecule has 1 aromatic rings. The third-order valence-electron chi connectivity index (χ3n) is 3.51. The van der Waals surface area contributed by atoms with Gasteiger partial charge in [-0.05, 0) is 36.6 Å². The topological polar surface area (TPSA) is 94.8 Å². The normalized spacial score (nSPS) is 21.9. The van der Waals surface area contributed by atoms with Gasteiger partial charge in [-0.15, -0.1) is 0 Å². The Morgan fingerprint density at radius 1 is 1.10 bits per heavy atom. The number of phenols is 1. The molecule has 1 aromatic carbocycles. The molecule has 1 aliphatic carbocycles. The zero-order valence-corrected chi connectivity index (χ0v) is 10.8. The molecule has 20 heavy (non-hydrogen) atoms. The van der Waals surface area contributed by atoms with E-state index in [0.29, 0.717) is 11.1 Å². The van der Waals surface area contributed by atoms with E-state index in [1.807, 2.05) is 0 Å². The van der Waals surface area contributed by atoms with Gasteiger partial charge in [0.1, 0.15) is 5.75 Å². The molecule has 0 spiro atoms. The quantitative estimate of drug-likeness (QED) is 0.786. The minimum Gasteiger partial charge on any atom is -0.508 e. The van der Waals surface area contributed by atoms with Gasteiger partial charge in [-0.25, -0.2) is 4.79 Å². The molecule has 1 atom stereocenters. The Labute approximate surface area is 115 Å². The summed E-state index contributed by atoms with van der Waals surface area (Å²) in [4.78, 5) is 22.6. The third-order valence-corrected chi connectivity index (χ3v) is 3.51. The number of carboxylic acids is 2. The standard InChI is InChI=1S/C15H14O5/c1-15(14(19)20)8-10(13(17)18)4-7-12(15)9-2-5-11(16)6-3-9/h2-7,16H,8H2,1H3,(H,17,18)(H,19,20). The van der Waals surface area contributed by atoms with Crippen molar-refractivity contribution in [3.8, 4) is 5.75 Å². The molecule has 104 valence electrons. The van der Waals surface area contributed by atoms with Crippen molar-refractivity contribution in [3.05, 3.63) is 47.6 Å². The second-order valence-corrected chi connectivity index (χ2v) is 4.94. The molecule has 0 amide bonds. The molecule has 0 saturated carbocycles. The van der Waals surface area contributed by atoms with Crippen LogP contribution >= 0.6 is 0 Å². The Balaban J connectivity index is 2.54. The van der Waals surface area contributed by atoms with Crippen LogP contribution in [0, 0.1) is 5.41 Å². The molecular formula is C15H14O5. The number of phenolic OH excluding ortho intramolecular Hbond substituents is 1. The van der Waals surface area contributed by atoms with Crippen LogP contribution in [-0.4, -0.2) is 27.3 Å². The number of aliphatic carboxylic acids is 2. The molecule has 3 N–H and O–H groups in total. The Hall–Kier alpha value is -2.56. The molecule has 5 heteroatoms. The predicted molar refractivity (Wildman–Crippen MR) is 72.2 cm³/mol. The van der Waals surface area contributed by atoms with E-state index < -0.39 is 17.4 Å². The Morgan fingerprint density at radius 3 is 2.20 bits per heavy atom. The van der Waals surface area contributed by atoms with Crippen LogP contribution in [0.3, 0.4) is 0 Å². The number of hydrogen-bond donors (Lipinski definition) is 3. The van der Waals surface area contributed by atoms with Crippen molar-refractivity contribution in [2.75, 3.05) is 0 Å². The maximum absolute atomic E-state index is 11.6. The SMILES string of the molecule is CC1(C(=O)O)CC(C(=O)O)=CC=C1c1ccc(O)cc1. The van der Waals surface area contributed by atoms with Gasteiger partial charge in [-0.2, -0.15) is 0 Å². The summed E-state index contributed by atoms with van der Waals surface area (Å²) < 4.78 is 0. The average molecular weight is 274 g/mol. The fourth-order valence-corrected chi connectivity index (χ4v) is 2.30. The first-order chi connectivity index (χ1) is 9.34. The summed E-state index contributed by atoms with van der Waals surface area (Å²) in [6, 6.07) is 6.16. The van der Waals surface area contributed by atoms with Crippen LogP contribution < -0.4 is 0 Å². The summed E-state index contributed by atoms with van der Waals surface area (Å²) in [5.74, 6) is -2.11. The van der Waals surface area contributed by atoms with E-state index in [1.165, 1.54) is 31.2 Å². The third kappa shape index (κ3) is 2.30. The van der Waals surface area contributed by atoms with Crippen LogP contribution in [0.2, 0.25) is 0 Å². The zero-order chi connectivity index (χ0) is 14.9. The van der Waals surface area contributed by atoms with Gasteiger partial charge in [0.2, 0.25) is 0 Å². The molecule has 0 fully saturated rings. The van der Waals surface area contributed by atoms with Crippen molar-refractivity contribution >= 4 is 17.5 Å². The summed E-state index contributed by atoms with van der Waals surface area (Å²) in [6.07, 6.45) is 2.87. The molecule has 0 saturated heterocycles. The van der Waals surface area contributed by atoms with Crippen LogP contribution in [-0.2, 0) is 9.59 Å². The summed E-state index contributed by atoms with van der Waals surface area (Å²) >= 11 is 0. The monoisotopic (exact) mass is 274 g/mol. The summed E-state index contributed by atoms with van der Waals surface area (Å²) in [7, 11) is 0. The Bertz CT molecular complexity index is 624. The highest BCUT2D eigenvalue weighted by Gasteiger charge is 2.41. The Kier molecular flexibility index (Phi) is 3.36. The van der Waals surface area contributed by atoms with Crippen LogP contribution in [0.4, 0.5) is 0 Å². The molecule has 2 rings (SSSR count). The van der Waals surface area contributed by atoms with Crippen LogP contribution in [0.5, 0.6) is 5.75 Å². The smallest absolute Gasteiger partial charge is 0.331 e. The maximum atomic E-state index is 11.6.